The van der Waals surface area contributed by atoms with Gasteiger partial charge in [-0.05, 0) is 38.4 Å². The highest BCUT2D eigenvalue weighted by Gasteiger charge is 2.26. The molecule has 1 aliphatic rings. The van der Waals surface area contributed by atoms with Crippen molar-refractivity contribution >= 4 is 17.5 Å². The molecule has 1 N–H and O–H groups in total. The predicted octanol–water partition coefficient (Wildman–Crippen LogP) is 2.30. The number of hydrogen-bond donors (Lipinski definition) is 1. The third-order valence-electron chi connectivity index (χ3n) is 5.00. The van der Waals surface area contributed by atoms with Gasteiger partial charge in [0.1, 0.15) is 5.82 Å². The Balaban J connectivity index is 1.67. The molecule has 0 bridgehead atoms. The normalized spacial score (nSPS) is 17.2. The lowest BCUT2D eigenvalue weighted by Gasteiger charge is -2.32. The predicted molar refractivity (Wildman–Crippen MR) is 108 cm³/mol. The first-order chi connectivity index (χ1) is 13.4. The SMILES string of the molecule is Cc1nc([C@H]2CCCN(CC(=O)N(C)C)C2)ncc1C(=O)Nc1ccccc1. The van der Waals surface area contributed by atoms with E-state index in [1.54, 1.807) is 25.2 Å². The minimum atomic E-state index is -0.211. The van der Waals surface area contributed by atoms with E-state index in [2.05, 4.69) is 20.2 Å². The van der Waals surface area contributed by atoms with Gasteiger partial charge in [0, 0.05) is 38.4 Å². The van der Waals surface area contributed by atoms with E-state index in [9.17, 15) is 9.59 Å². The van der Waals surface area contributed by atoms with Gasteiger partial charge < -0.3 is 10.2 Å². The summed E-state index contributed by atoms with van der Waals surface area (Å²) in [5.74, 6) is 0.812. The molecule has 0 unspecified atom stereocenters. The molecule has 2 amide bonds. The Morgan fingerprint density at radius 1 is 1.25 bits per heavy atom. The molecule has 0 radical (unpaired) electrons. The molecule has 1 aliphatic heterocycles. The zero-order chi connectivity index (χ0) is 20.1. The number of likely N-dealkylation sites (N-methyl/N-ethyl adjacent to an activating group) is 1. The number of amides is 2. The van der Waals surface area contributed by atoms with Crippen LogP contribution in [-0.2, 0) is 4.79 Å². The van der Waals surface area contributed by atoms with Gasteiger partial charge in [0.15, 0.2) is 0 Å². The van der Waals surface area contributed by atoms with Gasteiger partial charge in [-0.3, -0.25) is 14.5 Å². The van der Waals surface area contributed by atoms with Crippen LogP contribution in [0.15, 0.2) is 36.5 Å². The van der Waals surface area contributed by atoms with Gasteiger partial charge in [0.2, 0.25) is 5.91 Å². The zero-order valence-corrected chi connectivity index (χ0v) is 16.7. The van der Waals surface area contributed by atoms with Crippen molar-refractivity contribution < 1.29 is 9.59 Å². The van der Waals surface area contributed by atoms with Gasteiger partial charge >= 0.3 is 0 Å². The highest BCUT2D eigenvalue weighted by molar-refractivity contribution is 6.04. The molecule has 2 heterocycles. The molecule has 1 aromatic heterocycles. The maximum Gasteiger partial charge on any atom is 0.259 e. The van der Waals surface area contributed by atoms with E-state index in [0.29, 0.717) is 17.8 Å². The molecule has 7 heteroatoms. The molecule has 0 spiro atoms. The van der Waals surface area contributed by atoms with Crippen LogP contribution in [0.3, 0.4) is 0 Å². The number of rotatable bonds is 5. The van der Waals surface area contributed by atoms with E-state index in [1.165, 1.54) is 0 Å². The standard InChI is InChI=1S/C21H27N5O2/c1-15-18(21(28)24-17-9-5-4-6-10-17)12-22-20(23-15)16-8-7-11-26(13-16)14-19(27)25(2)3/h4-6,9-10,12,16H,7-8,11,13-14H2,1-3H3,(H,24,28)/t16-/m0/s1. The Hall–Kier alpha value is -2.80. The third kappa shape index (κ3) is 4.92. The maximum atomic E-state index is 12.5. The maximum absolute atomic E-state index is 12.5. The van der Waals surface area contributed by atoms with Crippen molar-refractivity contribution in [2.24, 2.45) is 0 Å². The highest BCUT2D eigenvalue weighted by atomic mass is 16.2. The monoisotopic (exact) mass is 381 g/mol. The van der Waals surface area contributed by atoms with Gasteiger partial charge in [-0.25, -0.2) is 9.97 Å². The van der Waals surface area contributed by atoms with Crippen LogP contribution in [-0.4, -0.2) is 65.3 Å². The first kappa shape index (κ1) is 19.9. The number of piperidine rings is 1. The molecule has 0 aliphatic carbocycles. The van der Waals surface area contributed by atoms with Crippen LogP contribution in [0.5, 0.6) is 0 Å². The average molecular weight is 381 g/mol. The first-order valence-corrected chi connectivity index (χ1v) is 9.56. The van der Waals surface area contributed by atoms with E-state index >= 15 is 0 Å². The summed E-state index contributed by atoms with van der Waals surface area (Å²) in [5, 5.41) is 2.87. The van der Waals surface area contributed by atoms with Crippen molar-refractivity contribution in [3.8, 4) is 0 Å². The minimum Gasteiger partial charge on any atom is -0.348 e. The Kier molecular flexibility index (Phi) is 6.36. The summed E-state index contributed by atoms with van der Waals surface area (Å²) >= 11 is 0. The van der Waals surface area contributed by atoms with Gasteiger partial charge in [-0.1, -0.05) is 18.2 Å². The second-order valence-corrected chi connectivity index (χ2v) is 7.41. The molecule has 2 aromatic rings. The molecule has 3 rings (SSSR count). The van der Waals surface area contributed by atoms with Crippen molar-refractivity contribution in [3.63, 3.8) is 0 Å². The van der Waals surface area contributed by atoms with Crippen molar-refractivity contribution in [1.82, 2.24) is 19.8 Å². The lowest BCUT2D eigenvalue weighted by atomic mass is 9.97. The van der Waals surface area contributed by atoms with Crippen molar-refractivity contribution in [3.05, 3.63) is 53.6 Å². The third-order valence-corrected chi connectivity index (χ3v) is 5.00. The van der Waals surface area contributed by atoms with Crippen LogP contribution in [0, 0.1) is 6.92 Å². The summed E-state index contributed by atoms with van der Waals surface area (Å²) in [5.41, 5.74) is 1.88. The second kappa shape index (κ2) is 8.93. The molecular formula is C21H27N5O2. The van der Waals surface area contributed by atoms with Crippen LogP contribution in [0.2, 0.25) is 0 Å². The lowest BCUT2D eigenvalue weighted by molar-refractivity contribution is -0.130. The fourth-order valence-corrected chi connectivity index (χ4v) is 3.37. The number of aromatic nitrogens is 2. The molecule has 1 atom stereocenters. The van der Waals surface area contributed by atoms with Crippen molar-refractivity contribution in [2.45, 2.75) is 25.7 Å². The molecule has 0 saturated carbocycles. The molecule has 148 valence electrons. The number of aryl methyl sites for hydroxylation is 1. The van der Waals surface area contributed by atoms with Gasteiger partial charge in [-0.15, -0.1) is 0 Å². The Morgan fingerprint density at radius 3 is 2.68 bits per heavy atom. The van der Waals surface area contributed by atoms with Gasteiger partial charge in [0.05, 0.1) is 17.8 Å². The number of anilines is 1. The lowest BCUT2D eigenvalue weighted by Crippen LogP contribution is -2.42. The van der Waals surface area contributed by atoms with E-state index in [1.807, 2.05) is 37.3 Å². The number of carbonyl (C=O) groups is 2. The Morgan fingerprint density at radius 2 is 2.00 bits per heavy atom. The quantitative estimate of drug-likeness (QED) is 0.860. The van der Waals surface area contributed by atoms with E-state index in [-0.39, 0.29) is 17.7 Å². The first-order valence-electron chi connectivity index (χ1n) is 9.56. The number of carbonyl (C=O) groups excluding carboxylic acids is 2. The number of likely N-dealkylation sites (tertiary alicyclic amines) is 1. The summed E-state index contributed by atoms with van der Waals surface area (Å²) < 4.78 is 0. The summed E-state index contributed by atoms with van der Waals surface area (Å²) in [6.45, 7) is 3.92. The van der Waals surface area contributed by atoms with E-state index in [4.69, 9.17) is 0 Å². The number of nitrogens with zero attached hydrogens (tertiary/aromatic N) is 4. The molecule has 28 heavy (non-hydrogen) atoms. The zero-order valence-electron chi connectivity index (χ0n) is 16.7. The van der Waals surface area contributed by atoms with Crippen LogP contribution in [0.4, 0.5) is 5.69 Å². The van der Waals surface area contributed by atoms with E-state index < -0.39 is 0 Å². The summed E-state index contributed by atoms with van der Waals surface area (Å²) in [4.78, 5) is 37.4. The molecule has 1 aromatic carbocycles. The number of para-hydroxylation sites is 1. The second-order valence-electron chi connectivity index (χ2n) is 7.41. The molecule has 7 nitrogen and oxygen atoms in total. The van der Waals surface area contributed by atoms with E-state index in [0.717, 1.165) is 37.4 Å². The largest absolute Gasteiger partial charge is 0.348 e. The molecular weight excluding hydrogens is 354 g/mol. The van der Waals surface area contributed by atoms with Gasteiger partial charge in [0.25, 0.3) is 5.91 Å². The smallest absolute Gasteiger partial charge is 0.259 e. The van der Waals surface area contributed by atoms with Crippen molar-refractivity contribution in [2.75, 3.05) is 39.0 Å². The summed E-state index contributed by atoms with van der Waals surface area (Å²) in [6, 6.07) is 9.33. The van der Waals surface area contributed by atoms with Crippen LogP contribution in [0.1, 0.15) is 40.6 Å². The number of benzene rings is 1. The summed E-state index contributed by atoms with van der Waals surface area (Å²) in [7, 11) is 3.55. The fraction of sp³-hybridized carbons (Fsp3) is 0.429. The average Bonchev–Trinajstić information content (AvgIpc) is 2.68. The summed E-state index contributed by atoms with van der Waals surface area (Å²) in [6.07, 6.45) is 3.60. The number of nitrogens with one attached hydrogen (secondary N) is 1. The Bertz CT molecular complexity index is 838. The fourth-order valence-electron chi connectivity index (χ4n) is 3.37. The molecule has 1 fully saturated rings. The van der Waals surface area contributed by atoms with Gasteiger partial charge in [-0.2, -0.15) is 0 Å². The highest BCUT2D eigenvalue weighted by Crippen LogP contribution is 2.25. The van der Waals surface area contributed by atoms with Crippen molar-refractivity contribution in [1.29, 1.82) is 0 Å². The Labute approximate surface area is 165 Å². The molecule has 1 saturated heterocycles. The topological polar surface area (TPSA) is 78.4 Å². The van der Waals surface area contributed by atoms with Crippen LogP contribution < -0.4 is 5.32 Å². The number of hydrogen-bond acceptors (Lipinski definition) is 5. The van der Waals surface area contributed by atoms with Crippen LogP contribution in [0.25, 0.3) is 0 Å². The minimum absolute atomic E-state index is 0.102. The van der Waals surface area contributed by atoms with Crippen LogP contribution >= 0.6 is 0 Å².